The zero-order valence-electron chi connectivity index (χ0n) is 24.2. The molecule has 2 aromatic heterocycles. The second-order valence-corrected chi connectivity index (χ2v) is 19.6. The van der Waals surface area contributed by atoms with Crippen LogP contribution in [0.5, 0.6) is 5.88 Å². The van der Waals surface area contributed by atoms with Crippen LogP contribution in [0.4, 0.5) is 11.4 Å². The van der Waals surface area contributed by atoms with Crippen LogP contribution in [0.15, 0.2) is 71.9 Å². The maximum absolute atomic E-state index is 14.0. The third kappa shape index (κ3) is 5.05. The summed E-state index contributed by atoms with van der Waals surface area (Å²) in [7, 11) is -3.94. The summed E-state index contributed by atoms with van der Waals surface area (Å²) in [4.78, 5) is 22.0. The van der Waals surface area contributed by atoms with Crippen molar-refractivity contribution in [1.29, 1.82) is 0 Å². The molecule has 1 spiro atoms. The smallest absolute Gasteiger partial charge is 0.266 e. The second-order valence-electron chi connectivity index (χ2n) is 12.1. The number of anilines is 2. The molecule has 0 bridgehead atoms. The van der Waals surface area contributed by atoms with E-state index < -0.39 is 23.5 Å². The first-order chi connectivity index (χ1) is 20.0. The molecule has 6 rings (SSSR count). The zero-order valence-corrected chi connectivity index (χ0v) is 26.0. The van der Waals surface area contributed by atoms with Crippen molar-refractivity contribution in [1.82, 2.24) is 9.97 Å². The third-order valence-electron chi connectivity index (χ3n) is 7.94. The molecule has 1 N–H and O–H groups in total. The Kier molecular flexibility index (Phi) is 7.07. The molecule has 0 radical (unpaired) electrons. The number of amides is 1. The molecule has 1 fully saturated rings. The molecule has 218 valence electrons. The summed E-state index contributed by atoms with van der Waals surface area (Å²) in [6, 6.07) is 16.8. The molecule has 0 atom stereocenters. The summed E-state index contributed by atoms with van der Waals surface area (Å²) in [5, 5.41) is 3.90. The summed E-state index contributed by atoms with van der Waals surface area (Å²) in [6.07, 6.45) is 5.01. The van der Waals surface area contributed by atoms with Crippen LogP contribution in [0.3, 0.4) is 0 Å². The number of carbonyl (C=O) groups excluding carboxylic acids is 1. The van der Waals surface area contributed by atoms with Gasteiger partial charge in [0.05, 0.1) is 34.8 Å². The number of hydrogen-bond donors (Lipinski definition) is 1. The maximum Gasteiger partial charge on any atom is 0.266 e. The molecule has 42 heavy (non-hydrogen) atoms. The van der Waals surface area contributed by atoms with E-state index in [1.165, 1.54) is 11.4 Å². The van der Waals surface area contributed by atoms with Crippen LogP contribution >= 0.6 is 0 Å². The summed E-state index contributed by atoms with van der Waals surface area (Å²) < 4.78 is 40.7. The molecule has 1 aliphatic heterocycles. The number of aromatic nitrogens is 2. The van der Waals surface area contributed by atoms with Gasteiger partial charge in [-0.3, -0.25) is 9.78 Å². The van der Waals surface area contributed by atoms with Crippen molar-refractivity contribution in [2.45, 2.75) is 48.8 Å². The fourth-order valence-corrected chi connectivity index (χ4v) is 7.50. The Labute approximate surface area is 247 Å². The topological polar surface area (TPSA) is 111 Å². The first-order valence-electron chi connectivity index (χ1n) is 14.0. The van der Waals surface area contributed by atoms with E-state index in [1.54, 1.807) is 48.8 Å². The molecule has 9 nitrogen and oxygen atoms in total. The first kappa shape index (κ1) is 28.3. The minimum absolute atomic E-state index is 0.0292. The predicted molar refractivity (Wildman–Crippen MR) is 166 cm³/mol. The number of sulfonamides is 1. The number of ether oxygens (including phenoxy) is 2. The Hall–Kier alpha value is -3.80. The van der Waals surface area contributed by atoms with Gasteiger partial charge in [-0.15, -0.1) is 0 Å². The van der Waals surface area contributed by atoms with Crippen molar-refractivity contribution < 1.29 is 22.7 Å². The Morgan fingerprint density at radius 1 is 1.00 bits per heavy atom. The first-order valence-corrected chi connectivity index (χ1v) is 19.1. The summed E-state index contributed by atoms with van der Waals surface area (Å²) >= 11 is 0. The number of nitrogens with one attached hydrogen (secondary N) is 1. The van der Waals surface area contributed by atoms with Gasteiger partial charge < -0.3 is 14.8 Å². The summed E-state index contributed by atoms with van der Waals surface area (Å²) in [5.41, 5.74) is 3.86. The SMILES string of the molecule is COc1ncc(-c2ccc3ncc4c(c3c2)C2(CC2)C(=O)N4)cc1N(COCC[Si](C)(C)C)S(=O)(=O)c1ccccc1. The van der Waals surface area contributed by atoms with Gasteiger partial charge in [0.2, 0.25) is 11.8 Å². The average Bonchev–Trinajstić information content (AvgIpc) is 3.72. The van der Waals surface area contributed by atoms with Gasteiger partial charge in [-0.25, -0.2) is 17.7 Å². The number of pyridine rings is 2. The number of fused-ring (bicyclic) bond motifs is 4. The lowest BCUT2D eigenvalue weighted by molar-refractivity contribution is -0.117. The van der Waals surface area contributed by atoms with Gasteiger partial charge in [0.15, 0.2) is 0 Å². The van der Waals surface area contributed by atoms with Crippen LogP contribution in [0, 0.1) is 0 Å². The minimum atomic E-state index is -4.01. The summed E-state index contributed by atoms with van der Waals surface area (Å²) in [6.45, 7) is 7.00. The van der Waals surface area contributed by atoms with Gasteiger partial charge >= 0.3 is 0 Å². The number of carbonyl (C=O) groups is 1. The van der Waals surface area contributed by atoms with E-state index in [0.717, 1.165) is 46.6 Å². The highest BCUT2D eigenvalue weighted by Crippen LogP contribution is 2.57. The van der Waals surface area contributed by atoms with Gasteiger partial charge in [-0.1, -0.05) is 43.9 Å². The van der Waals surface area contributed by atoms with E-state index in [1.807, 2.05) is 18.2 Å². The van der Waals surface area contributed by atoms with Crippen molar-refractivity contribution in [2.75, 3.05) is 30.1 Å². The van der Waals surface area contributed by atoms with E-state index in [-0.39, 0.29) is 29.1 Å². The number of hydrogen-bond acceptors (Lipinski definition) is 7. The molecule has 0 unspecified atom stereocenters. The van der Waals surface area contributed by atoms with E-state index in [4.69, 9.17) is 9.47 Å². The Morgan fingerprint density at radius 2 is 1.76 bits per heavy atom. The van der Waals surface area contributed by atoms with Crippen molar-refractivity contribution in [3.05, 3.63) is 72.6 Å². The van der Waals surface area contributed by atoms with Crippen LogP contribution in [0.2, 0.25) is 25.7 Å². The standard InChI is InChI=1S/C31H34N4O5SSi/c1-39-29-27(35(20-40-14-15-42(2,3)4)41(37,38)23-8-6-5-7-9-23)17-22(18-33-29)21-10-11-25-24(16-21)28-26(19-32-25)34-30(36)31(28)12-13-31/h5-11,16-19H,12-15,20H2,1-4H3,(H,34,36). The van der Waals surface area contributed by atoms with Crippen LogP contribution < -0.4 is 14.4 Å². The van der Waals surface area contributed by atoms with Gasteiger partial charge in [-0.2, -0.15) is 0 Å². The average molecular weight is 603 g/mol. The number of nitrogens with zero attached hydrogens (tertiary/aromatic N) is 3. The fourth-order valence-electron chi connectivity index (χ4n) is 5.39. The number of benzene rings is 2. The van der Waals surface area contributed by atoms with Crippen LogP contribution in [0.1, 0.15) is 18.4 Å². The van der Waals surface area contributed by atoms with Crippen molar-refractivity contribution in [3.63, 3.8) is 0 Å². The second kappa shape index (κ2) is 10.5. The van der Waals surface area contributed by atoms with Gasteiger partial charge in [-0.05, 0) is 54.8 Å². The zero-order chi connectivity index (χ0) is 29.7. The summed E-state index contributed by atoms with van der Waals surface area (Å²) in [5.74, 6) is 0.198. The Bertz CT molecular complexity index is 1790. The molecule has 11 heteroatoms. The highest BCUT2D eigenvalue weighted by atomic mass is 32.2. The molecule has 2 aromatic carbocycles. The predicted octanol–water partition coefficient (Wildman–Crippen LogP) is 5.80. The number of rotatable bonds is 10. The van der Waals surface area contributed by atoms with Crippen molar-refractivity contribution in [3.8, 4) is 17.0 Å². The van der Waals surface area contributed by atoms with Crippen molar-refractivity contribution >= 4 is 46.3 Å². The normalized spacial score (nSPS) is 15.5. The lowest BCUT2D eigenvalue weighted by Crippen LogP contribution is -2.34. The lowest BCUT2D eigenvalue weighted by atomic mass is 9.92. The van der Waals surface area contributed by atoms with Gasteiger partial charge in [0.25, 0.3) is 10.0 Å². The molecule has 4 aromatic rings. The lowest BCUT2D eigenvalue weighted by Gasteiger charge is -2.26. The highest BCUT2D eigenvalue weighted by Gasteiger charge is 2.57. The molecular weight excluding hydrogens is 569 g/mol. The number of methoxy groups -OCH3 is 1. The maximum atomic E-state index is 14.0. The molecule has 2 aliphatic rings. The molecule has 0 saturated heterocycles. The fraction of sp³-hybridized carbons (Fsp3) is 0.323. The molecule has 3 heterocycles. The van der Waals surface area contributed by atoms with Gasteiger partial charge in [0.1, 0.15) is 12.4 Å². The Balaban J connectivity index is 1.43. The molecular formula is C31H34N4O5SSi. The minimum Gasteiger partial charge on any atom is -0.479 e. The largest absolute Gasteiger partial charge is 0.479 e. The van der Waals surface area contributed by atoms with Crippen LogP contribution in [0.25, 0.3) is 22.0 Å². The van der Waals surface area contributed by atoms with E-state index >= 15 is 0 Å². The van der Waals surface area contributed by atoms with Crippen molar-refractivity contribution in [2.24, 2.45) is 0 Å². The quantitative estimate of drug-likeness (QED) is 0.139. The monoisotopic (exact) mass is 602 g/mol. The molecule has 1 saturated carbocycles. The molecule has 1 amide bonds. The van der Waals surface area contributed by atoms with Crippen LogP contribution in [-0.4, -0.2) is 52.8 Å². The Morgan fingerprint density at radius 3 is 2.45 bits per heavy atom. The van der Waals surface area contributed by atoms with E-state index in [9.17, 15) is 13.2 Å². The molecule has 1 aliphatic carbocycles. The third-order valence-corrected chi connectivity index (χ3v) is 11.4. The van der Waals surface area contributed by atoms with Gasteiger partial charge in [0, 0.05) is 37.4 Å². The van der Waals surface area contributed by atoms with Crippen LogP contribution in [-0.2, 0) is 25.0 Å². The highest BCUT2D eigenvalue weighted by molar-refractivity contribution is 7.92. The van der Waals surface area contributed by atoms with E-state index in [2.05, 4.69) is 34.9 Å². The van der Waals surface area contributed by atoms with E-state index in [0.29, 0.717) is 12.2 Å².